The molecule has 4 rings (SSSR count). The van der Waals surface area contributed by atoms with Crippen LogP contribution in [0.25, 0.3) is 0 Å². The number of hydrogen-bond donors (Lipinski definition) is 2. The van der Waals surface area contributed by atoms with Crippen molar-refractivity contribution in [2.45, 2.75) is 20.3 Å². The smallest absolute Gasteiger partial charge is 0.232 e. The largest absolute Gasteiger partial charge is 0.457 e. The van der Waals surface area contributed by atoms with Gasteiger partial charge >= 0.3 is 0 Å². The summed E-state index contributed by atoms with van der Waals surface area (Å²) in [5.41, 5.74) is 3.44. The zero-order chi connectivity index (χ0) is 21.8. The number of benzene rings is 3. The minimum Gasteiger partial charge on any atom is -0.457 e. The number of hydrogen-bond acceptors (Lipinski definition) is 4. The van der Waals surface area contributed by atoms with Crippen LogP contribution in [0.3, 0.4) is 0 Å². The third-order valence-corrected chi connectivity index (χ3v) is 6.38. The quantitative estimate of drug-likeness (QED) is 0.515. The molecule has 160 valence electrons. The first-order valence-corrected chi connectivity index (χ1v) is 11.9. The highest BCUT2D eigenvalue weighted by molar-refractivity contribution is 7.92. The van der Waals surface area contributed by atoms with Crippen molar-refractivity contribution in [3.8, 4) is 11.5 Å². The van der Waals surface area contributed by atoms with E-state index in [-0.39, 0.29) is 11.7 Å². The highest BCUT2D eigenvalue weighted by Crippen LogP contribution is 2.29. The van der Waals surface area contributed by atoms with Crippen LogP contribution < -0.4 is 14.8 Å². The second-order valence-corrected chi connectivity index (χ2v) is 9.80. The normalized spacial score (nSPS) is 13.1. The number of aliphatic imine (C=N–C) groups is 1. The van der Waals surface area contributed by atoms with Crippen LogP contribution >= 0.6 is 0 Å². The Morgan fingerprint density at radius 2 is 1.68 bits per heavy atom. The van der Waals surface area contributed by atoms with E-state index in [0.29, 0.717) is 12.1 Å². The van der Waals surface area contributed by atoms with Gasteiger partial charge in [0.25, 0.3) is 0 Å². The van der Waals surface area contributed by atoms with E-state index in [1.807, 2.05) is 79.8 Å². The van der Waals surface area contributed by atoms with Gasteiger partial charge < -0.3 is 4.74 Å². The van der Waals surface area contributed by atoms with Gasteiger partial charge in [0.05, 0.1) is 17.9 Å². The zero-order valence-electron chi connectivity index (χ0n) is 17.6. The standard InChI is InChI=1S/C24H25N3O3S/c1-17(2)16-31(28,29)27-19-10-13-22-23(15-19)26-24(25-22)14-18-8-11-21(12-9-18)30-20-6-4-3-5-7-20/h3-13,15,17,27H,14,16H2,1-2H3,(H,25,26)/p+1. The van der Waals surface area contributed by atoms with Crippen LogP contribution in [0.2, 0.25) is 0 Å². The minimum absolute atomic E-state index is 0.0642. The van der Waals surface area contributed by atoms with E-state index in [1.54, 1.807) is 12.1 Å². The Hall–Kier alpha value is -3.16. The lowest BCUT2D eigenvalue weighted by atomic mass is 10.1. The molecule has 6 nitrogen and oxygen atoms in total. The Morgan fingerprint density at radius 3 is 2.39 bits per heavy atom. The Morgan fingerprint density at radius 1 is 0.968 bits per heavy atom. The fourth-order valence-corrected chi connectivity index (χ4v) is 4.90. The summed E-state index contributed by atoms with van der Waals surface area (Å²) in [6, 6.07) is 23.1. The number of nitrogens with one attached hydrogen (secondary N) is 1. The first-order valence-electron chi connectivity index (χ1n) is 10.2. The monoisotopic (exact) mass is 436 g/mol. The lowest BCUT2D eigenvalue weighted by Crippen LogP contribution is -2.81. The third-order valence-electron chi connectivity index (χ3n) is 4.73. The highest BCUT2D eigenvalue weighted by Gasteiger charge is 2.21. The SMILES string of the molecule is CC(C)CS(=O)(=O)Nc1ccc2c(c1)N=C(Cc1ccc(Oc3ccccc3)cc1)[NH2+]2. The van der Waals surface area contributed by atoms with Crippen LogP contribution in [0.1, 0.15) is 19.4 Å². The van der Waals surface area contributed by atoms with Crippen LogP contribution in [-0.2, 0) is 16.4 Å². The molecule has 0 amide bonds. The summed E-state index contributed by atoms with van der Waals surface area (Å²) in [4.78, 5) is 4.68. The van der Waals surface area contributed by atoms with Crippen molar-refractivity contribution >= 4 is 32.9 Å². The molecule has 0 spiro atoms. The lowest BCUT2D eigenvalue weighted by Gasteiger charge is -2.09. The van der Waals surface area contributed by atoms with Crippen molar-refractivity contribution in [2.24, 2.45) is 10.9 Å². The number of nitrogens with two attached hydrogens (primary N) is 1. The number of ether oxygens (including phenoxy) is 1. The van der Waals surface area contributed by atoms with Crippen LogP contribution in [0.5, 0.6) is 11.5 Å². The van der Waals surface area contributed by atoms with E-state index in [2.05, 4.69) is 9.71 Å². The summed E-state index contributed by atoms with van der Waals surface area (Å²) < 4.78 is 32.9. The molecular formula is C24H26N3O3S+. The summed E-state index contributed by atoms with van der Waals surface area (Å²) in [6.45, 7) is 3.77. The first kappa shape index (κ1) is 21.1. The van der Waals surface area contributed by atoms with Crippen molar-refractivity contribution < 1.29 is 18.5 Å². The molecular weight excluding hydrogens is 410 g/mol. The van der Waals surface area contributed by atoms with E-state index < -0.39 is 10.0 Å². The average molecular weight is 437 g/mol. The number of quaternary nitrogens is 1. The van der Waals surface area contributed by atoms with E-state index in [0.717, 1.165) is 34.3 Å². The molecule has 1 aliphatic rings. The van der Waals surface area contributed by atoms with Gasteiger partial charge in [-0.1, -0.05) is 44.2 Å². The summed E-state index contributed by atoms with van der Waals surface area (Å²) in [6.07, 6.45) is 0.689. The van der Waals surface area contributed by atoms with Gasteiger partial charge in [-0.3, -0.25) is 10.0 Å². The minimum atomic E-state index is -3.36. The molecule has 0 fully saturated rings. The molecule has 0 bridgehead atoms. The molecule has 0 aromatic heterocycles. The molecule has 0 aliphatic carbocycles. The van der Waals surface area contributed by atoms with Crippen LogP contribution in [-0.4, -0.2) is 20.0 Å². The van der Waals surface area contributed by atoms with Gasteiger partial charge in [-0.2, -0.15) is 4.99 Å². The van der Waals surface area contributed by atoms with Crippen LogP contribution in [0, 0.1) is 5.92 Å². The number of anilines is 1. The van der Waals surface area contributed by atoms with Crippen molar-refractivity contribution in [3.63, 3.8) is 0 Å². The topological polar surface area (TPSA) is 84.4 Å². The number of nitrogens with zero attached hydrogens (tertiary/aromatic N) is 1. The Kier molecular flexibility index (Phi) is 6.06. The van der Waals surface area contributed by atoms with Crippen molar-refractivity contribution in [1.29, 1.82) is 0 Å². The fourth-order valence-electron chi connectivity index (χ4n) is 3.45. The number of sulfonamides is 1. The number of fused-ring (bicyclic) bond motifs is 1. The molecule has 31 heavy (non-hydrogen) atoms. The molecule has 0 atom stereocenters. The van der Waals surface area contributed by atoms with Gasteiger partial charge in [-0.25, -0.2) is 8.42 Å². The van der Waals surface area contributed by atoms with Gasteiger partial charge in [-0.05, 0) is 47.9 Å². The zero-order valence-corrected chi connectivity index (χ0v) is 18.4. The second kappa shape index (κ2) is 8.91. The summed E-state index contributed by atoms with van der Waals surface area (Å²) in [5, 5.41) is 2.04. The van der Waals surface area contributed by atoms with Crippen molar-refractivity contribution in [1.82, 2.24) is 0 Å². The Balaban J connectivity index is 1.41. The van der Waals surface area contributed by atoms with Gasteiger partial charge in [0, 0.05) is 6.07 Å². The van der Waals surface area contributed by atoms with Gasteiger partial charge in [-0.15, -0.1) is 0 Å². The summed E-state index contributed by atoms with van der Waals surface area (Å²) >= 11 is 0. The van der Waals surface area contributed by atoms with E-state index >= 15 is 0 Å². The predicted octanol–water partition coefficient (Wildman–Crippen LogP) is 4.36. The van der Waals surface area contributed by atoms with E-state index in [4.69, 9.17) is 4.74 Å². The molecule has 3 aromatic carbocycles. The second-order valence-electron chi connectivity index (χ2n) is 8.03. The molecule has 0 saturated heterocycles. The highest BCUT2D eigenvalue weighted by atomic mass is 32.2. The molecule has 0 unspecified atom stereocenters. The molecule has 1 heterocycles. The van der Waals surface area contributed by atoms with Crippen LogP contribution in [0.4, 0.5) is 17.1 Å². The number of amidine groups is 1. The maximum absolute atomic E-state index is 12.2. The van der Waals surface area contributed by atoms with Gasteiger partial charge in [0.2, 0.25) is 15.9 Å². The molecule has 7 heteroatoms. The molecule has 0 saturated carbocycles. The summed E-state index contributed by atoms with van der Waals surface area (Å²) in [7, 11) is -3.36. The maximum Gasteiger partial charge on any atom is 0.232 e. The molecule has 3 N–H and O–H groups in total. The summed E-state index contributed by atoms with van der Waals surface area (Å²) in [5.74, 6) is 2.69. The lowest BCUT2D eigenvalue weighted by molar-refractivity contribution is -0.440. The van der Waals surface area contributed by atoms with Gasteiger partial charge in [0.15, 0.2) is 5.69 Å². The van der Waals surface area contributed by atoms with Crippen LogP contribution in [0.15, 0.2) is 77.8 Å². The average Bonchev–Trinajstić information content (AvgIpc) is 3.10. The van der Waals surface area contributed by atoms with E-state index in [9.17, 15) is 8.42 Å². The van der Waals surface area contributed by atoms with Crippen molar-refractivity contribution in [3.05, 3.63) is 78.4 Å². The van der Waals surface area contributed by atoms with E-state index in [1.165, 1.54) is 0 Å². The number of para-hydroxylation sites is 1. The molecule has 3 aromatic rings. The Bertz CT molecular complexity index is 1190. The van der Waals surface area contributed by atoms with Crippen molar-refractivity contribution in [2.75, 3.05) is 10.5 Å². The number of rotatable bonds is 8. The molecule has 0 radical (unpaired) electrons. The van der Waals surface area contributed by atoms with Gasteiger partial charge in [0.1, 0.15) is 17.2 Å². The predicted molar refractivity (Wildman–Crippen MR) is 124 cm³/mol. The first-order chi connectivity index (χ1) is 14.9. The maximum atomic E-state index is 12.2. The molecule has 1 aliphatic heterocycles. The Labute approximate surface area is 183 Å². The fraction of sp³-hybridized carbons (Fsp3) is 0.208. The third kappa shape index (κ3) is 5.71.